The fourth-order valence-corrected chi connectivity index (χ4v) is 3.71. The summed E-state index contributed by atoms with van der Waals surface area (Å²) in [7, 11) is 0. The predicted octanol–water partition coefficient (Wildman–Crippen LogP) is 8.14. The van der Waals surface area contributed by atoms with Crippen LogP contribution in [-0.2, 0) is 14.4 Å². The Labute approximate surface area is 240 Å². The Morgan fingerprint density at radius 3 is 1.59 bits per heavy atom. The van der Waals surface area contributed by atoms with Gasteiger partial charge in [-0.1, -0.05) is 63.2 Å². The van der Waals surface area contributed by atoms with Crippen LogP contribution in [0.15, 0.2) is 104 Å². The Morgan fingerprint density at radius 2 is 1.05 bits per heavy atom. The molecular formula is C35H32O6. The molecule has 0 heterocycles. The summed E-state index contributed by atoms with van der Waals surface area (Å²) in [6, 6.07) is 16.2. The average Bonchev–Trinajstić information content (AvgIpc) is 2.93. The van der Waals surface area contributed by atoms with Gasteiger partial charge in [0.25, 0.3) is 0 Å². The number of hydrogen-bond donors (Lipinski definition) is 0. The summed E-state index contributed by atoms with van der Waals surface area (Å²) >= 11 is 0. The fraction of sp³-hybridized carbons (Fsp3) is 0.114. The topological polar surface area (TPSA) is 78.9 Å². The second kappa shape index (κ2) is 12.7. The van der Waals surface area contributed by atoms with E-state index in [1.165, 1.54) is 13.8 Å². The van der Waals surface area contributed by atoms with Crippen molar-refractivity contribution in [3.05, 3.63) is 115 Å². The zero-order valence-corrected chi connectivity index (χ0v) is 23.8. The van der Waals surface area contributed by atoms with Gasteiger partial charge in [0, 0.05) is 22.3 Å². The summed E-state index contributed by atoms with van der Waals surface area (Å²) in [5, 5.41) is 0. The SMILES string of the molecule is C=Cc1cc(-c2ccc(OC(=O)C(=C)C)c(C(=C)C)c2)ccc1-c1ccc(OC(=O)C(=C)C)c(OC(=O)C(=C)C)c1. The van der Waals surface area contributed by atoms with Crippen molar-refractivity contribution in [1.29, 1.82) is 0 Å². The summed E-state index contributed by atoms with van der Waals surface area (Å²) in [6.45, 7) is 25.3. The van der Waals surface area contributed by atoms with Crippen LogP contribution in [0.2, 0.25) is 0 Å². The second-order valence-corrected chi connectivity index (χ2v) is 9.67. The van der Waals surface area contributed by atoms with E-state index < -0.39 is 17.9 Å². The normalized spacial score (nSPS) is 10.2. The number of esters is 3. The molecule has 0 radical (unpaired) electrons. The van der Waals surface area contributed by atoms with Crippen LogP contribution in [0.4, 0.5) is 0 Å². The van der Waals surface area contributed by atoms with E-state index in [9.17, 15) is 14.4 Å². The van der Waals surface area contributed by atoms with Crippen molar-refractivity contribution in [3.63, 3.8) is 0 Å². The Hall–Kier alpha value is -5.23. The van der Waals surface area contributed by atoms with Gasteiger partial charge < -0.3 is 14.2 Å². The van der Waals surface area contributed by atoms with Gasteiger partial charge in [0.05, 0.1) is 0 Å². The van der Waals surface area contributed by atoms with Crippen LogP contribution in [0, 0.1) is 0 Å². The molecule has 0 N–H and O–H groups in total. The summed E-state index contributed by atoms with van der Waals surface area (Å²) in [4.78, 5) is 36.6. The first kappa shape index (κ1) is 30.3. The first-order valence-electron chi connectivity index (χ1n) is 12.7. The highest BCUT2D eigenvalue weighted by atomic mass is 16.6. The molecule has 0 bridgehead atoms. The van der Waals surface area contributed by atoms with Crippen molar-refractivity contribution in [3.8, 4) is 39.5 Å². The van der Waals surface area contributed by atoms with Gasteiger partial charge in [-0.15, -0.1) is 0 Å². The van der Waals surface area contributed by atoms with E-state index in [0.29, 0.717) is 22.4 Å². The molecule has 0 aliphatic rings. The molecule has 0 fully saturated rings. The van der Waals surface area contributed by atoms with Gasteiger partial charge in [-0.3, -0.25) is 0 Å². The number of rotatable bonds is 10. The molecule has 0 atom stereocenters. The van der Waals surface area contributed by atoms with Crippen molar-refractivity contribution in [2.75, 3.05) is 0 Å². The Morgan fingerprint density at radius 1 is 0.585 bits per heavy atom. The molecule has 3 aromatic rings. The Balaban J connectivity index is 2.06. The fourth-order valence-electron chi connectivity index (χ4n) is 3.71. The highest BCUT2D eigenvalue weighted by Crippen LogP contribution is 2.38. The molecule has 0 aliphatic carbocycles. The van der Waals surface area contributed by atoms with Crippen molar-refractivity contribution in [2.24, 2.45) is 0 Å². The third-order valence-corrected chi connectivity index (χ3v) is 5.95. The highest BCUT2D eigenvalue weighted by Gasteiger charge is 2.18. The third kappa shape index (κ3) is 7.25. The smallest absolute Gasteiger partial charge is 0.338 e. The minimum absolute atomic E-state index is 0.0650. The molecule has 6 heteroatoms. The monoisotopic (exact) mass is 548 g/mol. The van der Waals surface area contributed by atoms with Crippen molar-refractivity contribution in [2.45, 2.75) is 27.7 Å². The van der Waals surface area contributed by atoms with Crippen molar-refractivity contribution < 1.29 is 28.6 Å². The molecule has 0 saturated heterocycles. The molecule has 0 spiro atoms. The third-order valence-electron chi connectivity index (χ3n) is 5.95. The standard InChI is InChI=1S/C35H32O6/c1-10-24-17-25(26-12-15-30(29(18-26)20(2)3)39-33(36)21(4)5)11-14-28(24)27-13-16-31(40-34(37)22(6)7)32(19-27)41-35(38)23(8)9/h10-19H,1-2,4,6,8H2,3,5,7,9H3. The minimum Gasteiger partial charge on any atom is -0.423 e. The molecule has 0 unspecified atom stereocenters. The van der Waals surface area contributed by atoms with Crippen molar-refractivity contribution in [1.82, 2.24) is 0 Å². The highest BCUT2D eigenvalue weighted by molar-refractivity contribution is 5.92. The van der Waals surface area contributed by atoms with E-state index >= 15 is 0 Å². The van der Waals surface area contributed by atoms with Crippen LogP contribution < -0.4 is 14.2 Å². The van der Waals surface area contributed by atoms with E-state index in [4.69, 9.17) is 14.2 Å². The molecule has 0 aliphatic heterocycles. The maximum Gasteiger partial charge on any atom is 0.338 e. The summed E-state index contributed by atoms with van der Waals surface area (Å²) in [5.41, 5.74) is 6.22. The first-order chi connectivity index (χ1) is 19.3. The zero-order chi connectivity index (χ0) is 30.4. The van der Waals surface area contributed by atoms with Crippen LogP contribution in [0.3, 0.4) is 0 Å². The Kier molecular flexibility index (Phi) is 9.43. The molecule has 41 heavy (non-hydrogen) atoms. The van der Waals surface area contributed by atoms with E-state index in [0.717, 1.165) is 27.8 Å². The molecule has 0 saturated carbocycles. The quantitative estimate of drug-likeness (QED) is 0.145. The van der Waals surface area contributed by atoms with Gasteiger partial charge in [0.2, 0.25) is 0 Å². The molecule has 3 rings (SSSR count). The van der Waals surface area contributed by atoms with Crippen LogP contribution in [-0.4, -0.2) is 17.9 Å². The van der Waals surface area contributed by atoms with Crippen LogP contribution in [0.5, 0.6) is 17.2 Å². The van der Waals surface area contributed by atoms with Gasteiger partial charge in [0.15, 0.2) is 11.5 Å². The molecule has 3 aromatic carbocycles. The van der Waals surface area contributed by atoms with E-state index in [2.05, 4.69) is 32.9 Å². The number of hydrogen-bond acceptors (Lipinski definition) is 6. The number of benzene rings is 3. The average molecular weight is 549 g/mol. The van der Waals surface area contributed by atoms with E-state index in [-0.39, 0.29) is 22.6 Å². The lowest BCUT2D eigenvalue weighted by atomic mass is 9.93. The number of carbonyl (C=O) groups is 3. The van der Waals surface area contributed by atoms with Gasteiger partial charge in [0.1, 0.15) is 5.75 Å². The number of allylic oxidation sites excluding steroid dienone is 1. The lowest BCUT2D eigenvalue weighted by Crippen LogP contribution is -2.12. The van der Waals surface area contributed by atoms with E-state index in [1.807, 2.05) is 37.3 Å². The maximum absolute atomic E-state index is 12.3. The zero-order valence-electron chi connectivity index (χ0n) is 23.8. The van der Waals surface area contributed by atoms with Gasteiger partial charge in [-0.2, -0.15) is 0 Å². The van der Waals surface area contributed by atoms with Gasteiger partial charge in [-0.25, -0.2) is 14.4 Å². The predicted molar refractivity (Wildman–Crippen MR) is 163 cm³/mol. The van der Waals surface area contributed by atoms with Crippen LogP contribution >= 0.6 is 0 Å². The number of carbonyl (C=O) groups excluding carboxylic acids is 3. The van der Waals surface area contributed by atoms with Crippen LogP contribution in [0.1, 0.15) is 38.8 Å². The Bertz CT molecular complexity index is 1640. The lowest BCUT2D eigenvalue weighted by Gasteiger charge is -2.15. The van der Waals surface area contributed by atoms with Gasteiger partial charge in [-0.05, 0) is 91.4 Å². The van der Waals surface area contributed by atoms with Crippen molar-refractivity contribution >= 4 is 29.6 Å². The summed E-state index contributed by atoms with van der Waals surface area (Å²) in [5.74, 6) is -1.26. The molecular weight excluding hydrogens is 516 g/mol. The second-order valence-electron chi connectivity index (χ2n) is 9.67. The minimum atomic E-state index is -0.653. The number of ether oxygens (including phenoxy) is 3. The first-order valence-corrected chi connectivity index (χ1v) is 12.7. The summed E-state index contributed by atoms with van der Waals surface area (Å²) < 4.78 is 16.4. The molecule has 0 amide bonds. The van der Waals surface area contributed by atoms with Gasteiger partial charge >= 0.3 is 17.9 Å². The molecule has 0 aromatic heterocycles. The maximum atomic E-state index is 12.3. The lowest BCUT2D eigenvalue weighted by molar-refractivity contribution is -0.132. The molecule has 208 valence electrons. The molecule has 6 nitrogen and oxygen atoms in total. The van der Waals surface area contributed by atoms with E-state index in [1.54, 1.807) is 37.3 Å². The van der Waals surface area contributed by atoms with Crippen LogP contribution in [0.25, 0.3) is 33.9 Å². The summed E-state index contributed by atoms with van der Waals surface area (Å²) in [6.07, 6.45) is 1.72. The largest absolute Gasteiger partial charge is 0.423 e.